The van der Waals surface area contributed by atoms with Crippen molar-refractivity contribution in [3.8, 4) is 16.9 Å². The summed E-state index contributed by atoms with van der Waals surface area (Å²) in [7, 11) is 0. The standard InChI is InChI=1S/C20H20N2O2/c1-2-6-15(7-3-1)17-8-4-5-9-18(17)24-19(16-10-11-21-14-16)20-22-12-13-23-20/h1-9,12-13,16,19,21H,10-11,14H2/t16-,19+/m0/s1. The molecule has 0 amide bonds. The Kier molecular flexibility index (Phi) is 4.30. The molecule has 4 rings (SSSR count). The van der Waals surface area contributed by atoms with Gasteiger partial charge in [-0.25, -0.2) is 4.98 Å². The number of hydrogen-bond acceptors (Lipinski definition) is 4. The van der Waals surface area contributed by atoms with Gasteiger partial charge in [0.2, 0.25) is 5.89 Å². The van der Waals surface area contributed by atoms with Crippen LogP contribution in [0.2, 0.25) is 0 Å². The highest BCUT2D eigenvalue weighted by molar-refractivity contribution is 5.70. The molecule has 122 valence electrons. The van der Waals surface area contributed by atoms with E-state index in [-0.39, 0.29) is 6.10 Å². The molecule has 0 unspecified atom stereocenters. The second-order valence-electron chi connectivity index (χ2n) is 6.02. The van der Waals surface area contributed by atoms with Crippen molar-refractivity contribution >= 4 is 0 Å². The summed E-state index contributed by atoms with van der Waals surface area (Å²) in [5.41, 5.74) is 2.23. The molecule has 0 saturated carbocycles. The maximum absolute atomic E-state index is 6.43. The number of aromatic nitrogens is 1. The smallest absolute Gasteiger partial charge is 0.235 e. The van der Waals surface area contributed by atoms with E-state index in [1.54, 1.807) is 12.5 Å². The van der Waals surface area contributed by atoms with Gasteiger partial charge in [0.25, 0.3) is 0 Å². The fourth-order valence-electron chi connectivity index (χ4n) is 3.22. The molecule has 0 radical (unpaired) electrons. The molecule has 4 nitrogen and oxygen atoms in total. The number of rotatable bonds is 5. The number of hydrogen-bond donors (Lipinski definition) is 1. The second-order valence-corrected chi connectivity index (χ2v) is 6.02. The predicted molar refractivity (Wildman–Crippen MR) is 92.7 cm³/mol. The molecule has 4 heteroatoms. The van der Waals surface area contributed by atoms with Crippen LogP contribution in [0.15, 0.2) is 71.5 Å². The largest absolute Gasteiger partial charge is 0.480 e. The topological polar surface area (TPSA) is 47.3 Å². The van der Waals surface area contributed by atoms with E-state index in [1.807, 2.05) is 36.4 Å². The summed E-state index contributed by atoms with van der Waals surface area (Å²) in [6.07, 6.45) is 4.16. The first kappa shape index (κ1) is 15.0. The fraction of sp³-hybridized carbons (Fsp3) is 0.250. The Hall–Kier alpha value is -2.59. The summed E-state index contributed by atoms with van der Waals surface area (Å²) >= 11 is 0. The van der Waals surface area contributed by atoms with Gasteiger partial charge in [-0.2, -0.15) is 0 Å². The molecular weight excluding hydrogens is 300 g/mol. The van der Waals surface area contributed by atoms with Crippen LogP contribution >= 0.6 is 0 Å². The molecule has 1 aliphatic heterocycles. The lowest BCUT2D eigenvalue weighted by molar-refractivity contribution is 0.115. The van der Waals surface area contributed by atoms with Gasteiger partial charge in [0.05, 0.1) is 6.20 Å². The first-order valence-corrected chi connectivity index (χ1v) is 8.33. The van der Waals surface area contributed by atoms with E-state index in [9.17, 15) is 0 Å². The van der Waals surface area contributed by atoms with Gasteiger partial charge in [-0.05, 0) is 24.6 Å². The van der Waals surface area contributed by atoms with E-state index in [0.717, 1.165) is 36.4 Å². The molecule has 1 aliphatic rings. The monoisotopic (exact) mass is 320 g/mol. The Morgan fingerprint density at radius 1 is 1.08 bits per heavy atom. The minimum absolute atomic E-state index is 0.181. The van der Waals surface area contributed by atoms with Gasteiger partial charge in [0.1, 0.15) is 12.0 Å². The summed E-state index contributed by atoms with van der Waals surface area (Å²) in [6.45, 7) is 1.92. The van der Waals surface area contributed by atoms with E-state index in [2.05, 4.69) is 28.5 Å². The van der Waals surface area contributed by atoms with Crippen molar-refractivity contribution in [2.45, 2.75) is 12.5 Å². The van der Waals surface area contributed by atoms with Gasteiger partial charge in [0.15, 0.2) is 6.10 Å². The van der Waals surface area contributed by atoms with Gasteiger partial charge >= 0.3 is 0 Å². The quantitative estimate of drug-likeness (QED) is 0.770. The van der Waals surface area contributed by atoms with Crippen LogP contribution in [-0.4, -0.2) is 18.1 Å². The van der Waals surface area contributed by atoms with E-state index in [4.69, 9.17) is 9.15 Å². The molecule has 1 aromatic heterocycles. The SMILES string of the molecule is c1ccc(-c2ccccc2O[C@@H](c2ncco2)[C@H]2CCNC2)cc1. The Morgan fingerprint density at radius 2 is 1.92 bits per heavy atom. The number of benzene rings is 2. The molecule has 24 heavy (non-hydrogen) atoms. The van der Waals surface area contributed by atoms with E-state index < -0.39 is 0 Å². The Balaban J connectivity index is 1.68. The number of oxazole rings is 1. The zero-order valence-electron chi connectivity index (χ0n) is 13.4. The summed E-state index contributed by atoms with van der Waals surface area (Å²) < 4.78 is 12.0. The number of nitrogens with zero attached hydrogens (tertiary/aromatic N) is 1. The average Bonchev–Trinajstić information content (AvgIpc) is 3.35. The third-order valence-corrected chi connectivity index (χ3v) is 4.45. The van der Waals surface area contributed by atoms with Crippen molar-refractivity contribution < 1.29 is 9.15 Å². The van der Waals surface area contributed by atoms with Gasteiger partial charge in [0, 0.05) is 18.0 Å². The first-order chi connectivity index (χ1) is 11.9. The summed E-state index contributed by atoms with van der Waals surface area (Å²) in [5.74, 6) is 1.86. The van der Waals surface area contributed by atoms with E-state index in [1.165, 1.54) is 0 Å². The Bertz CT molecular complexity index is 765. The average molecular weight is 320 g/mol. The van der Waals surface area contributed by atoms with Gasteiger partial charge in [-0.1, -0.05) is 48.5 Å². The normalized spacial score (nSPS) is 18.4. The van der Waals surface area contributed by atoms with E-state index in [0.29, 0.717) is 11.8 Å². The minimum Gasteiger partial charge on any atom is -0.480 e. The van der Waals surface area contributed by atoms with Crippen molar-refractivity contribution in [1.82, 2.24) is 10.3 Å². The number of para-hydroxylation sites is 1. The van der Waals surface area contributed by atoms with Crippen LogP contribution in [0.5, 0.6) is 5.75 Å². The van der Waals surface area contributed by atoms with Crippen molar-refractivity contribution in [3.05, 3.63) is 72.9 Å². The first-order valence-electron chi connectivity index (χ1n) is 8.33. The molecule has 2 atom stereocenters. The third-order valence-electron chi connectivity index (χ3n) is 4.45. The highest BCUT2D eigenvalue weighted by Crippen LogP contribution is 2.36. The molecule has 0 spiro atoms. The molecule has 2 heterocycles. The van der Waals surface area contributed by atoms with Crippen LogP contribution < -0.4 is 10.1 Å². The molecule has 2 aromatic carbocycles. The maximum atomic E-state index is 6.43. The highest BCUT2D eigenvalue weighted by Gasteiger charge is 2.31. The Morgan fingerprint density at radius 3 is 2.67 bits per heavy atom. The fourth-order valence-corrected chi connectivity index (χ4v) is 3.22. The van der Waals surface area contributed by atoms with Crippen LogP contribution in [0.25, 0.3) is 11.1 Å². The van der Waals surface area contributed by atoms with Crippen LogP contribution in [0.4, 0.5) is 0 Å². The van der Waals surface area contributed by atoms with Crippen molar-refractivity contribution in [1.29, 1.82) is 0 Å². The molecule has 3 aromatic rings. The maximum Gasteiger partial charge on any atom is 0.235 e. The van der Waals surface area contributed by atoms with Gasteiger partial charge < -0.3 is 14.5 Å². The van der Waals surface area contributed by atoms with Gasteiger partial charge in [-0.3, -0.25) is 0 Å². The lowest BCUT2D eigenvalue weighted by Gasteiger charge is -2.23. The van der Waals surface area contributed by atoms with Crippen LogP contribution in [-0.2, 0) is 0 Å². The molecule has 1 saturated heterocycles. The summed E-state index contributed by atoms with van der Waals surface area (Å²) in [4.78, 5) is 4.34. The van der Waals surface area contributed by atoms with Crippen molar-refractivity contribution in [2.75, 3.05) is 13.1 Å². The van der Waals surface area contributed by atoms with Crippen LogP contribution in [0.3, 0.4) is 0 Å². The highest BCUT2D eigenvalue weighted by atomic mass is 16.5. The summed E-state index contributed by atoms with van der Waals surface area (Å²) in [5, 5.41) is 3.40. The van der Waals surface area contributed by atoms with Crippen LogP contribution in [0, 0.1) is 5.92 Å². The third kappa shape index (κ3) is 3.05. The molecule has 1 N–H and O–H groups in total. The zero-order valence-corrected chi connectivity index (χ0v) is 13.4. The van der Waals surface area contributed by atoms with Gasteiger partial charge in [-0.15, -0.1) is 0 Å². The van der Waals surface area contributed by atoms with E-state index >= 15 is 0 Å². The number of ether oxygens (including phenoxy) is 1. The second kappa shape index (κ2) is 6.89. The molecule has 0 bridgehead atoms. The lowest BCUT2D eigenvalue weighted by atomic mass is 10.0. The van der Waals surface area contributed by atoms with Crippen LogP contribution in [0.1, 0.15) is 18.4 Å². The Labute approximate surface area is 141 Å². The summed E-state index contributed by atoms with van der Waals surface area (Å²) in [6, 6.07) is 18.4. The minimum atomic E-state index is -0.181. The zero-order chi connectivity index (χ0) is 16.2. The van der Waals surface area contributed by atoms with Crippen molar-refractivity contribution in [2.24, 2.45) is 5.92 Å². The molecule has 0 aliphatic carbocycles. The van der Waals surface area contributed by atoms with Crippen molar-refractivity contribution in [3.63, 3.8) is 0 Å². The molecule has 1 fully saturated rings. The predicted octanol–water partition coefficient (Wildman–Crippen LogP) is 4.07. The lowest BCUT2D eigenvalue weighted by Crippen LogP contribution is -2.22. The molecular formula is C20H20N2O2. The number of nitrogens with one attached hydrogen (secondary N) is 1.